The fourth-order valence-corrected chi connectivity index (χ4v) is 3.31. The van der Waals surface area contributed by atoms with E-state index in [2.05, 4.69) is 55.4 Å². The van der Waals surface area contributed by atoms with E-state index in [-0.39, 0.29) is 11.8 Å². The van der Waals surface area contributed by atoms with Crippen LogP contribution in [0.1, 0.15) is 50.7 Å². The molecule has 1 saturated heterocycles. The normalized spacial score (nSPS) is 19.8. The highest BCUT2D eigenvalue weighted by atomic mass is 16.5. The lowest BCUT2D eigenvalue weighted by molar-refractivity contribution is -0.122. The first-order valence-corrected chi connectivity index (χ1v) is 9.62. The molecule has 4 heteroatoms. The Morgan fingerprint density at radius 1 is 1.28 bits per heavy atom. The smallest absolute Gasteiger partial charge is 0.227 e. The average molecular weight is 347 g/mol. The molecule has 1 heterocycles. The second-order valence-electron chi connectivity index (χ2n) is 7.70. The summed E-state index contributed by atoms with van der Waals surface area (Å²) in [6.45, 7) is 9.80. The summed E-state index contributed by atoms with van der Waals surface area (Å²) < 4.78 is 5.53. The van der Waals surface area contributed by atoms with Gasteiger partial charge in [0, 0.05) is 19.1 Å². The lowest BCUT2D eigenvalue weighted by Crippen LogP contribution is -2.43. The monoisotopic (exact) mass is 346 g/mol. The third kappa shape index (κ3) is 6.44. The molecule has 1 fully saturated rings. The van der Waals surface area contributed by atoms with Crippen LogP contribution in [-0.4, -0.2) is 50.2 Å². The molecule has 1 aromatic carbocycles. The number of nitrogens with one attached hydrogen (secondary N) is 1. The number of nitrogens with zero attached hydrogens (tertiary/aromatic N) is 1. The number of benzene rings is 1. The van der Waals surface area contributed by atoms with E-state index in [0.29, 0.717) is 12.0 Å². The van der Waals surface area contributed by atoms with Crippen LogP contribution in [0.3, 0.4) is 0 Å². The van der Waals surface area contributed by atoms with Gasteiger partial charge in [0.05, 0.1) is 19.1 Å². The number of hydrogen-bond acceptors (Lipinski definition) is 3. The number of likely N-dealkylation sites (N-methyl/N-ethyl adjacent to an activating group) is 1. The Kier molecular flexibility index (Phi) is 7.91. The van der Waals surface area contributed by atoms with Crippen LogP contribution in [-0.2, 0) is 16.0 Å². The van der Waals surface area contributed by atoms with Gasteiger partial charge < -0.3 is 10.1 Å². The molecule has 1 aliphatic rings. The Morgan fingerprint density at radius 3 is 2.64 bits per heavy atom. The van der Waals surface area contributed by atoms with E-state index >= 15 is 0 Å². The van der Waals surface area contributed by atoms with Gasteiger partial charge in [-0.1, -0.05) is 38.1 Å². The zero-order valence-electron chi connectivity index (χ0n) is 16.3. The summed E-state index contributed by atoms with van der Waals surface area (Å²) in [4.78, 5) is 14.7. The van der Waals surface area contributed by atoms with E-state index in [1.165, 1.54) is 5.56 Å². The van der Waals surface area contributed by atoms with E-state index in [0.717, 1.165) is 51.1 Å². The van der Waals surface area contributed by atoms with E-state index < -0.39 is 0 Å². The highest BCUT2D eigenvalue weighted by Gasteiger charge is 2.19. The van der Waals surface area contributed by atoms with Gasteiger partial charge in [0.1, 0.15) is 0 Å². The molecule has 25 heavy (non-hydrogen) atoms. The lowest BCUT2D eigenvalue weighted by atomic mass is 9.96. The number of morpholine rings is 1. The van der Waals surface area contributed by atoms with Crippen molar-refractivity contribution in [1.82, 2.24) is 10.2 Å². The van der Waals surface area contributed by atoms with Gasteiger partial charge in [-0.2, -0.15) is 0 Å². The largest absolute Gasteiger partial charge is 0.378 e. The van der Waals surface area contributed by atoms with Crippen molar-refractivity contribution in [3.05, 3.63) is 35.4 Å². The van der Waals surface area contributed by atoms with E-state index in [1.807, 2.05) is 6.92 Å². The minimum absolute atomic E-state index is 0.103. The molecule has 0 bridgehead atoms. The zero-order valence-corrected chi connectivity index (χ0v) is 16.3. The molecule has 2 atom stereocenters. The van der Waals surface area contributed by atoms with Gasteiger partial charge >= 0.3 is 0 Å². The van der Waals surface area contributed by atoms with E-state index in [9.17, 15) is 4.79 Å². The second-order valence-corrected chi connectivity index (χ2v) is 7.70. The summed E-state index contributed by atoms with van der Waals surface area (Å²) in [7, 11) is 2.15. The molecule has 2 rings (SSSR count). The molecule has 140 valence electrons. The molecule has 0 aliphatic carbocycles. The lowest BCUT2D eigenvalue weighted by Gasteiger charge is -2.32. The second kappa shape index (κ2) is 9.93. The van der Waals surface area contributed by atoms with Crippen LogP contribution in [0.15, 0.2) is 24.3 Å². The number of amides is 1. The molecule has 1 aliphatic heterocycles. The van der Waals surface area contributed by atoms with Crippen LogP contribution in [0.5, 0.6) is 0 Å². The quantitative estimate of drug-likeness (QED) is 0.735. The number of hydrogen-bond donors (Lipinski definition) is 1. The van der Waals surface area contributed by atoms with Crippen molar-refractivity contribution in [2.45, 2.75) is 52.0 Å². The minimum Gasteiger partial charge on any atom is -0.378 e. The van der Waals surface area contributed by atoms with Crippen molar-refractivity contribution in [1.29, 1.82) is 0 Å². The summed E-state index contributed by atoms with van der Waals surface area (Å²) in [5, 5.41) is 3.08. The molecular weight excluding hydrogens is 312 g/mol. The molecule has 4 nitrogen and oxygen atoms in total. The molecule has 0 spiro atoms. The molecule has 0 aromatic heterocycles. The van der Waals surface area contributed by atoms with Gasteiger partial charge in [0.2, 0.25) is 5.91 Å². The highest BCUT2D eigenvalue weighted by Crippen LogP contribution is 2.18. The standard InChI is InChI=1S/C21H34N2O2/c1-16(2)14-18-7-9-19(10-8-18)17(3)21(24)22-11-5-6-20-15-25-13-12-23(20)4/h7-10,16-17,20H,5-6,11-15H2,1-4H3,(H,22,24)/t17?,20-/m1/s1. The molecule has 0 radical (unpaired) electrons. The number of ether oxygens (including phenoxy) is 1. The Bertz CT molecular complexity index is 527. The van der Waals surface area contributed by atoms with Crippen molar-refractivity contribution in [3.8, 4) is 0 Å². The topological polar surface area (TPSA) is 41.6 Å². The number of carbonyl (C=O) groups is 1. The number of rotatable bonds is 8. The van der Waals surface area contributed by atoms with Crippen LogP contribution in [0, 0.1) is 5.92 Å². The molecule has 0 saturated carbocycles. The Balaban J connectivity index is 1.72. The highest BCUT2D eigenvalue weighted by molar-refractivity contribution is 5.83. The van der Waals surface area contributed by atoms with Crippen LogP contribution in [0.25, 0.3) is 0 Å². The number of carbonyl (C=O) groups excluding carboxylic acids is 1. The van der Waals surface area contributed by atoms with E-state index in [4.69, 9.17) is 4.74 Å². The van der Waals surface area contributed by atoms with Crippen molar-refractivity contribution < 1.29 is 9.53 Å². The van der Waals surface area contributed by atoms with Crippen LogP contribution >= 0.6 is 0 Å². The summed E-state index contributed by atoms with van der Waals surface area (Å²) >= 11 is 0. The maximum atomic E-state index is 12.4. The fraction of sp³-hybridized carbons (Fsp3) is 0.667. The van der Waals surface area contributed by atoms with Crippen LogP contribution in [0.4, 0.5) is 0 Å². The molecule has 1 N–H and O–H groups in total. The van der Waals surface area contributed by atoms with Crippen molar-refractivity contribution in [3.63, 3.8) is 0 Å². The first-order valence-electron chi connectivity index (χ1n) is 9.62. The van der Waals surface area contributed by atoms with Gasteiger partial charge in [0.15, 0.2) is 0 Å². The van der Waals surface area contributed by atoms with Crippen LogP contribution < -0.4 is 5.32 Å². The van der Waals surface area contributed by atoms with Gasteiger partial charge in [-0.3, -0.25) is 9.69 Å². The van der Waals surface area contributed by atoms with Gasteiger partial charge in [-0.05, 0) is 50.3 Å². The average Bonchev–Trinajstić information content (AvgIpc) is 2.59. The Morgan fingerprint density at radius 2 is 2.00 bits per heavy atom. The fourth-order valence-electron chi connectivity index (χ4n) is 3.31. The molecule has 1 amide bonds. The van der Waals surface area contributed by atoms with Gasteiger partial charge in [-0.25, -0.2) is 0 Å². The summed E-state index contributed by atoms with van der Waals surface area (Å²) in [6.07, 6.45) is 3.14. The van der Waals surface area contributed by atoms with Gasteiger partial charge in [0.25, 0.3) is 0 Å². The zero-order chi connectivity index (χ0) is 18.2. The Hall–Kier alpha value is -1.39. The van der Waals surface area contributed by atoms with Crippen molar-refractivity contribution in [2.75, 3.05) is 33.4 Å². The maximum absolute atomic E-state index is 12.4. The summed E-state index contributed by atoms with van der Waals surface area (Å²) in [5.74, 6) is 0.666. The third-order valence-electron chi connectivity index (χ3n) is 5.05. The summed E-state index contributed by atoms with van der Waals surface area (Å²) in [5.41, 5.74) is 2.43. The molecular formula is C21H34N2O2. The van der Waals surface area contributed by atoms with Crippen molar-refractivity contribution in [2.24, 2.45) is 5.92 Å². The van der Waals surface area contributed by atoms with E-state index in [1.54, 1.807) is 0 Å². The van der Waals surface area contributed by atoms with Crippen LogP contribution in [0.2, 0.25) is 0 Å². The molecule has 1 unspecified atom stereocenters. The maximum Gasteiger partial charge on any atom is 0.227 e. The minimum atomic E-state index is -0.103. The van der Waals surface area contributed by atoms with Crippen molar-refractivity contribution >= 4 is 5.91 Å². The first-order chi connectivity index (χ1) is 12.0. The van der Waals surface area contributed by atoms with Gasteiger partial charge in [-0.15, -0.1) is 0 Å². The SMILES string of the molecule is CC(C)Cc1ccc(C(C)C(=O)NCCC[C@@H]2COCCN2C)cc1. The third-order valence-corrected chi connectivity index (χ3v) is 5.05. The molecule has 1 aromatic rings. The predicted octanol–water partition coefficient (Wildman–Crippen LogP) is 3.22. The first kappa shape index (κ1) is 19.9. The Labute approximate surface area is 152 Å². The predicted molar refractivity (Wildman–Crippen MR) is 103 cm³/mol. The summed E-state index contributed by atoms with van der Waals surface area (Å²) in [6, 6.07) is 8.97.